The number of nitrogens with zero attached hydrogens (tertiary/aromatic N) is 6. The molecule has 3 heterocycles. The molecule has 1 unspecified atom stereocenters. The fourth-order valence-corrected chi connectivity index (χ4v) is 2.44. The van der Waals surface area contributed by atoms with Crippen LogP contribution in [0.15, 0.2) is 18.5 Å². The molecule has 0 aliphatic carbocycles. The van der Waals surface area contributed by atoms with E-state index >= 15 is 0 Å². The SMILES string of the molecule is CC1(C(N)=O)CCN(c2nc(Cl)nc(-n3cccn3)n2)C1. The zero-order valence-corrected chi connectivity index (χ0v) is 12.2. The first-order valence-electron chi connectivity index (χ1n) is 6.44. The molecule has 0 bridgehead atoms. The number of amides is 1. The highest BCUT2D eigenvalue weighted by molar-refractivity contribution is 6.28. The molecule has 2 N–H and O–H groups in total. The van der Waals surface area contributed by atoms with Crippen LogP contribution in [0, 0.1) is 5.41 Å². The van der Waals surface area contributed by atoms with Gasteiger partial charge in [-0.3, -0.25) is 4.79 Å². The first kappa shape index (κ1) is 13.7. The fraction of sp³-hybridized carbons (Fsp3) is 0.417. The summed E-state index contributed by atoms with van der Waals surface area (Å²) in [5.41, 5.74) is 4.87. The van der Waals surface area contributed by atoms with Crippen molar-refractivity contribution in [1.29, 1.82) is 0 Å². The fourth-order valence-electron chi connectivity index (χ4n) is 2.29. The molecule has 1 amide bonds. The summed E-state index contributed by atoms with van der Waals surface area (Å²) >= 11 is 5.96. The van der Waals surface area contributed by atoms with Crippen molar-refractivity contribution in [3.8, 4) is 5.95 Å². The van der Waals surface area contributed by atoms with Crippen LogP contribution in [0.5, 0.6) is 0 Å². The molecule has 1 aliphatic heterocycles. The summed E-state index contributed by atoms with van der Waals surface area (Å²) in [6.45, 7) is 2.94. The van der Waals surface area contributed by atoms with Crippen LogP contribution in [0.1, 0.15) is 13.3 Å². The minimum absolute atomic E-state index is 0.0816. The molecule has 0 aromatic carbocycles. The summed E-state index contributed by atoms with van der Waals surface area (Å²) in [6, 6.07) is 1.76. The van der Waals surface area contributed by atoms with Gasteiger partial charge in [-0.15, -0.1) is 0 Å². The summed E-state index contributed by atoms with van der Waals surface area (Å²) < 4.78 is 1.50. The molecule has 1 fully saturated rings. The number of hydrogen-bond donors (Lipinski definition) is 1. The minimum atomic E-state index is -0.578. The Bertz CT molecular complexity index is 674. The van der Waals surface area contributed by atoms with Crippen molar-refractivity contribution in [2.24, 2.45) is 11.1 Å². The van der Waals surface area contributed by atoms with Crippen molar-refractivity contribution in [3.05, 3.63) is 23.7 Å². The molecule has 0 spiro atoms. The van der Waals surface area contributed by atoms with E-state index in [0.717, 1.165) is 0 Å². The molecule has 9 heteroatoms. The van der Waals surface area contributed by atoms with Crippen molar-refractivity contribution >= 4 is 23.5 Å². The van der Waals surface area contributed by atoms with Gasteiger partial charge in [0.25, 0.3) is 5.95 Å². The van der Waals surface area contributed by atoms with Gasteiger partial charge in [-0.05, 0) is 31.0 Å². The average molecular weight is 308 g/mol. The maximum absolute atomic E-state index is 11.5. The van der Waals surface area contributed by atoms with Crippen LogP contribution in [-0.4, -0.2) is 43.7 Å². The number of halogens is 1. The summed E-state index contributed by atoms with van der Waals surface area (Å²) in [5.74, 6) is 0.436. The molecular weight excluding hydrogens is 294 g/mol. The van der Waals surface area contributed by atoms with Crippen LogP contribution in [0.3, 0.4) is 0 Å². The van der Waals surface area contributed by atoms with Gasteiger partial charge < -0.3 is 10.6 Å². The Morgan fingerprint density at radius 2 is 2.14 bits per heavy atom. The Labute approximate surface area is 126 Å². The lowest BCUT2D eigenvalue weighted by Gasteiger charge is -2.21. The number of carbonyl (C=O) groups excluding carboxylic acids is 1. The molecule has 21 heavy (non-hydrogen) atoms. The van der Waals surface area contributed by atoms with E-state index in [1.165, 1.54) is 4.68 Å². The van der Waals surface area contributed by atoms with Crippen LogP contribution < -0.4 is 10.6 Å². The van der Waals surface area contributed by atoms with Crippen LogP contribution in [-0.2, 0) is 4.79 Å². The minimum Gasteiger partial charge on any atom is -0.369 e. The molecule has 3 rings (SSSR count). The first-order chi connectivity index (χ1) is 9.98. The van der Waals surface area contributed by atoms with Crippen molar-refractivity contribution in [3.63, 3.8) is 0 Å². The van der Waals surface area contributed by atoms with Gasteiger partial charge in [0.2, 0.25) is 17.1 Å². The first-order valence-corrected chi connectivity index (χ1v) is 6.82. The number of rotatable bonds is 3. The van der Waals surface area contributed by atoms with E-state index in [0.29, 0.717) is 31.4 Å². The standard InChI is InChI=1S/C12H14ClN7O/c1-12(8(14)21)3-6-19(7-12)10-16-9(13)17-11(18-10)20-5-2-4-15-20/h2,4-5H,3,6-7H2,1H3,(H2,14,21). The van der Waals surface area contributed by atoms with Crippen LogP contribution in [0.25, 0.3) is 5.95 Å². The Morgan fingerprint density at radius 1 is 1.38 bits per heavy atom. The number of aromatic nitrogens is 5. The third-order valence-electron chi connectivity index (χ3n) is 3.64. The lowest BCUT2D eigenvalue weighted by atomic mass is 9.89. The number of primary amides is 1. The van der Waals surface area contributed by atoms with Gasteiger partial charge in [0.1, 0.15) is 0 Å². The lowest BCUT2D eigenvalue weighted by Crippen LogP contribution is -2.37. The maximum atomic E-state index is 11.5. The second-order valence-corrected chi connectivity index (χ2v) is 5.59. The molecule has 8 nitrogen and oxygen atoms in total. The number of hydrogen-bond acceptors (Lipinski definition) is 6. The van der Waals surface area contributed by atoms with Gasteiger partial charge in [0.05, 0.1) is 5.41 Å². The van der Waals surface area contributed by atoms with E-state index in [1.54, 1.807) is 18.5 Å². The highest BCUT2D eigenvalue weighted by Gasteiger charge is 2.40. The Morgan fingerprint density at radius 3 is 2.76 bits per heavy atom. The van der Waals surface area contributed by atoms with E-state index in [2.05, 4.69) is 20.1 Å². The summed E-state index contributed by atoms with van der Waals surface area (Å²) in [5, 5.41) is 4.15. The van der Waals surface area contributed by atoms with Gasteiger partial charge in [-0.25, -0.2) is 4.68 Å². The van der Waals surface area contributed by atoms with Crippen molar-refractivity contribution < 1.29 is 4.79 Å². The molecule has 1 saturated heterocycles. The zero-order chi connectivity index (χ0) is 15.0. The van der Waals surface area contributed by atoms with Crippen LogP contribution in [0.2, 0.25) is 5.28 Å². The van der Waals surface area contributed by atoms with Crippen molar-refractivity contribution in [2.75, 3.05) is 18.0 Å². The molecule has 110 valence electrons. The quantitative estimate of drug-likeness (QED) is 0.881. The molecule has 1 atom stereocenters. The molecule has 0 saturated carbocycles. The number of anilines is 1. The Hall–Kier alpha value is -2.22. The summed E-state index contributed by atoms with van der Waals surface area (Å²) in [4.78, 5) is 25.9. The topological polar surface area (TPSA) is 103 Å². The molecule has 0 radical (unpaired) electrons. The monoisotopic (exact) mass is 307 g/mol. The highest BCUT2D eigenvalue weighted by Crippen LogP contribution is 2.31. The normalized spacial score (nSPS) is 21.7. The van der Waals surface area contributed by atoms with E-state index in [1.807, 2.05) is 11.8 Å². The van der Waals surface area contributed by atoms with E-state index in [9.17, 15) is 4.79 Å². The maximum Gasteiger partial charge on any atom is 0.256 e. The highest BCUT2D eigenvalue weighted by atomic mass is 35.5. The molecule has 2 aromatic heterocycles. The smallest absolute Gasteiger partial charge is 0.256 e. The lowest BCUT2D eigenvalue weighted by molar-refractivity contribution is -0.125. The van der Waals surface area contributed by atoms with E-state index < -0.39 is 5.41 Å². The predicted octanol–water partition coefficient (Wildman–Crippen LogP) is 0.412. The summed E-state index contributed by atoms with van der Waals surface area (Å²) in [6.07, 6.45) is 3.99. The number of nitrogens with two attached hydrogens (primary N) is 1. The van der Waals surface area contributed by atoms with Crippen molar-refractivity contribution in [1.82, 2.24) is 24.7 Å². The van der Waals surface area contributed by atoms with Gasteiger partial charge in [0, 0.05) is 25.5 Å². The summed E-state index contributed by atoms with van der Waals surface area (Å²) in [7, 11) is 0. The third kappa shape index (κ3) is 2.54. The second kappa shape index (κ2) is 4.96. The van der Waals surface area contributed by atoms with Crippen molar-refractivity contribution in [2.45, 2.75) is 13.3 Å². The van der Waals surface area contributed by atoms with Gasteiger partial charge >= 0.3 is 0 Å². The van der Waals surface area contributed by atoms with Gasteiger partial charge in [0.15, 0.2) is 0 Å². The van der Waals surface area contributed by atoms with E-state index in [-0.39, 0.29) is 11.2 Å². The van der Waals surface area contributed by atoms with Crippen LogP contribution >= 0.6 is 11.6 Å². The molecule has 2 aromatic rings. The average Bonchev–Trinajstić information content (AvgIpc) is 3.08. The third-order valence-corrected chi connectivity index (χ3v) is 3.81. The van der Waals surface area contributed by atoms with Crippen LogP contribution in [0.4, 0.5) is 5.95 Å². The predicted molar refractivity (Wildman–Crippen MR) is 76.1 cm³/mol. The molecule has 1 aliphatic rings. The largest absolute Gasteiger partial charge is 0.369 e. The Kier molecular flexibility index (Phi) is 3.25. The van der Waals surface area contributed by atoms with Gasteiger partial charge in [-0.1, -0.05) is 0 Å². The zero-order valence-electron chi connectivity index (χ0n) is 11.4. The second-order valence-electron chi connectivity index (χ2n) is 5.25. The molecular formula is C12H14ClN7O. The van der Waals surface area contributed by atoms with Gasteiger partial charge in [-0.2, -0.15) is 20.1 Å². The van der Waals surface area contributed by atoms with E-state index in [4.69, 9.17) is 17.3 Å². The Balaban J connectivity index is 1.92. The number of carbonyl (C=O) groups is 1.